The first-order valence-electron chi connectivity index (χ1n) is 7.44. The number of benzene rings is 1. The Labute approximate surface area is 128 Å². The molecule has 116 valence electrons. The zero-order valence-corrected chi connectivity index (χ0v) is 12.2. The lowest BCUT2D eigenvalue weighted by atomic mass is 10.2. The smallest absolute Gasteiger partial charge is 0.134 e. The summed E-state index contributed by atoms with van der Waals surface area (Å²) in [7, 11) is 0. The maximum absolute atomic E-state index is 12.9. The molecule has 5 nitrogen and oxygen atoms in total. The summed E-state index contributed by atoms with van der Waals surface area (Å²) in [5.41, 5.74) is 0.982. The summed E-state index contributed by atoms with van der Waals surface area (Å²) in [6, 6.07) is 8.40. The molecule has 2 aromatic rings. The van der Waals surface area contributed by atoms with Crippen LogP contribution in [0, 0.1) is 5.82 Å². The number of anilines is 2. The Balaban J connectivity index is 1.67. The minimum Gasteiger partial charge on any atom is -0.394 e. The van der Waals surface area contributed by atoms with Crippen molar-refractivity contribution in [3.63, 3.8) is 0 Å². The largest absolute Gasteiger partial charge is 0.394 e. The van der Waals surface area contributed by atoms with Crippen molar-refractivity contribution in [2.24, 2.45) is 0 Å². The number of hydrogen-bond acceptors (Lipinski definition) is 5. The van der Waals surface area contributed by atoms with Crippen LogP contribution in [0.5, 0.6) is 0 Å². The van der Waals surface area contributed by atoms with Crippen LogP contribution in [-0.2, 0) is 6.54 Å². The van der Waals surface area contributed by atoms with Gasteiger partial charge in [0.1, 0.15) is 23.8 Å². The molecule has 1 aliphatic heterocycles. The maximum atomic E-state index is 12.9. The second-order valence-corrected chi connectivity index (χ2v) is 5.41. The third-order valence-corrected chi connectivity index (χ3v) is 3.92. The molecule has 6 heteroatoms. The predicted molar refractivity (Wildman–Crippen MR) is 83.2 cm³/mol. The van der Waals surface area contributed by atoms with E-state index in [2.05, 4.69) is 20.2 Å². The fourth-order valence-electron chi connectivity index (χ4n) is 2.72. The van der Waals surface area contributed by atoms with Crippen molar-refractivity contribution >= 4 is 11.6 Å². The van der Waals surface area contributed by atoms with Gasteiger partial charge >= 0.3 is 0 Å². The molecular weight excluding hydrogens is 283 g/mol. The number of aliphatic hydroxyl groups is 1. The molecule has 2 N–H and O–H groups in total. The van der Waals surface area contributed by atoms with E-state index < -0.39 is 0 Å². The number of rotatable bonds is 5. The van der Waals surface area contributed by atoms with Gasteiger partial charge in [-0.2, -0.15) is 0 Å². The molecule has 1 fully saturated rings. The van der Waals surface area contributed by atoms with Crippen LogP contribution in [0.2, 0.25) is 0 Å². The lowest BCUT2D eigenvalue weighted by molar-refractivity contribution is 0.266. The molecule has 0 radical (unpaired) electrons. The summed E-state index contributed by atoms with van der Waals surface area (Å²) in [5.74, 6) is 1.31. The topological polar surface area (TPSA) is 61.3 Å². The highest BCUT2D eigenvalue weighted by atomic mass is 19.1. The first-order chi connectivity index (χ1) is 10.8. The second kappa shape index (κ2) is 6.70. The third-order valence-electron chi connectivity index (χ3n) is 3.92. The van der Waals surface area contributed by atoms with Gasteiger partial charge in [-0.05, 0) is 30.5 Å². The molecule has 0 bridgehead atoms. The highest BCUT2D eigenvalue weighted by Gasteiger charge is 2.25. The molecular formula is C16H19FN4O. The molecule has 1 atom stereocenters. The van der Waals surface area contributed by atoms with Gasteiger partial charge in [0.25, 0.3) is 0 Å². The maximum Gasteiger partial charge on any atom is 0.134 e. The van der Waals surface area contributed by atoms with Gasteiger partial charge in [0.15, 0.2) is 0 Å². The summed E-state index contributed by atoms with van der Waals surface area (Å²) in [6.45, 7) is 1.61. The van der Waals surface area contributed by atoms with Crippen molar-refractivity contribution < 1.29 is 9.50 Å². The summed E-state index contributed by atoms with van der Waals surface area (Å²) in [5, 5.41) is 12.6. The molecule has 0 saturated carbocycles. The van der Waals surface area contributed by atoms with Crippen molar-refractivity contribution in [1.29, 1.82) is 0 Å². The summed E-state index contributed by atoms with van der Waals surface area (Å²) >= 11 is 0. The zero-order chi connectivity index (χ0) is 15.4. The second-order valence-electron chi connectivity index (χ2n) is 5.41. The van der Waals surface area contributed by atoms with Crippen molar-refractivity contribution in [2.45, 2.75) is 25.4 Å². The molecule has 0 unspecified atom stereocenters. The number of nitrogens with zero attached hydrogens (tertiary/aromatic N) is 3. The lowest BCUT2D eigenvalue weighted by Crippen LogP contribution is -2.32. The van der Waals surface area contributed by atoms with Crippen molar-refractivity contribution in [3.05, 3.63) is 48.0 Å². The highest BCUT2D eigenvalue weighted by molar-refractivity contribution is 5.50. The average Bonchev–Trinajstić information content (AvgIpc) is 3.03. The van der Waals surface area contributed by atoms with Crippen LogP contribution in [0.3, 0.4) is 0 Å². The van der Waals surface area contributed by atoms with E-state index in [-0.39, 0.29) is 18.5 Å². The predicted octanol–water partition coefficient (Wildman–Crippen LogP) is 2.19. The molecule has 0 spiro atoms. The minimum atomic E-state index is -0.239. The lowest BCUT2D eigenvalue weighted by Gasteiger charge is -2.24. The van der Waals surface area contributed by atoms with Crippen molar-refractivity contribution in [1.82, 2.24) is 9.97 Å². The van der Waals surface area contributed by atoms with Crippen LogP contribution in [0.4, 0.5) is 16.0 Å². The van der Waals surface area contributed by atoms with Crippen LogP contribution in [0.1, 0.15) is 18.4 Å². The van der Waals surface area contributed by atoms with Gasteiger partial charge in [-0.1, -0.05) is 12.1 Å². The van der Waals surface area contributed by atoms with Crippen LogP contribution in [0.25, 0.3) is 0 Å². The molecule has 0 amide bonds. The fraction of sp³-hybridized carbons (Fsp3) is 0.375. The Hall–Kier alpha value is -2.21. The molecule has 0 aliphatic carbocycles. The number of halogens is 1. The van der Waals surface area contributed by atoms with E-state index >= 15 is 0 Å². The van der Waals surface area contributed by atoms with Gasteiger partial charge in [-0.25, -0.2) is 14.4 Å². The number of aromatic nitrogens is 2. The fourth-order valence-corrected chi connectivity index (χ4v) is 2.72. The van der Waals surface area contributed by atoms with Gasteiger partial charge in [-0.15, -0.1) is 0 Å². The standard InChI is InChI=1S/C16H19FN4O/c17-13-5-3-12(4-6-13)9-18-15-8-16(20-11-19-15)21-7-1-2-14(21)10-22/h3-6,8,11,14,22H,1-2,7,9-10H2,(H,18,19,20)/t14-/m1/s1. The number of aliphatic hydroxyl groups excluding tert-OH is 1. The number of hydrogen-bond donors (Lipinski definition) is 2. The molecule has 1 saturated heterocycles. The number of nitrogens with one attached hydrogen (secondary N) is 1. The quantitative estimate of drug-likeness (QED) is 0.886. The monoisotopic (exact) mass is 302 g/mol. The van der Waals surface area contributed by atoms with E-state index in [1.54, 1.807) is 12.1 Å². The zero-order valence-electron chi connectivity index (χ0n) is 12.2. The average molecular weight is 302 g/mol. The van der Waals surface area contributed by atoms with E-state index in [0.29, 0.717) is 6.54 Å². The Morgan fingerprint density at radius 3 is 2.86 bits per heavy atom. The molecule has 22 heavy (non-hydrogen) atoms. The Kier molecular flexibility index (Phi) is 4.48. The van der Waals surface area contributed by atoms with Crippen molar-refractivity contribution in [2.75, 3.05) is 23.4 Å². The molecule has 1 aromatic carbocycles. The Morgan fingerprint density at radius 2 is 2.09 bits per heavy atom. The molecule has 2 heterocycles. The summed E-state index contributed by atoms with van der Waals surface area (Å²) in [6.07, 6.45) is 3.57. The normalized spacial score (nSPS) is 17.7. The summed E-state index contributed by atoms with van der Waals surface area (Å²) < 4.78 is 12.9. The van der Waals surface area contributed by atoms with E-state index in [1.807, 2.05) is 6.07 Å². The van der Waals surface area contributed by atoms with Gasteiger partial charge in [-0.3, -0.25) is 0 Å². The summed E-state index contributed by atoms with van der Waals surface area (Å²) in [4.78, 5) is 10.6. The molecule has 1 aromatic heterocycles. The van der Waals surface area contributed by atoms with E-state index in [0.717, 1.165) is 36.6 Å². The van der Waals surface area contributed by atoms with E-state index in [9.17, 15) is 9.50 Å². The van der Waals surface area contributed by atoms with Gasteiger partial charge in [0, 0.05) is 19.2 Å². The first kappa shape index (κ1) is 14.7. The van der Waals surface area contributed by atoms with E-state index in [1.165, 1.54) is 18.5 Å². The van der Waals surface area contributed by atoms with Crippen LogP contribution in [0.15, 0.2) is 36.7 Å². The SMILES string of the molecule is OC[C@H]1CCCN1c1cc(NCc2ccc(F)cc2)ncn1. The van der Waals surface area contributed by atoms with Gasteiger partial charge < -0.3 is 15.3 Å². The van der Waals surface area contributed by atoms with Gasteiger partial charge in [0.2, 0.25) is 0 Å². The first-order valence-corrected chi connectivity index (χ1v) is 7.44. The van der Waals surface area contributed by atoms with Crippen LogP contribution in [-0.4, -0.2) is 34.3 Å². The van der Waals surface area contributed by atoms with Crippen molar-refractivity contribution in [3.8, 4) is 0 Å². The Bertz CT molecular complexity index is 620. The minimum absolute atomic E-state index is 0.139. The van der Waals surface area contributed by atoms with Crippen LogP contribution >= 0.6 is 0 Å². The Morgan fingerprint density at radius 1 is 1.27 bits per heavy atom. The van der Waals surface area contributed by atoms with E-state index in [4.69, 9.17) is 0 Å². The van der Waals surface area contributed by atoms with Crippen LogP contribution < -0.4 is 10.2 Å². The van der Waals surface area contributed by atoms with Gasteiger partial charge in [0.05, 0.1) is 12.6 Å². The third kappa shape index (κ3) is 3.33. The molecule has 3 rings (SSSR count). The highest BCUT2D eigenvalue weighted by Crippen LogP contribution is 2.24. The molecule has 1 aliphatic rings.